The molecule has 7 heteroatoms. The largest absolute Gasteiger partial charge is 0.343 e. The van der Waals surface area contributed by atoms with Crippen molar-refractivity contribution in [3.63, 3.8) is 0 Å². The summed E-state index contributed by atoms with van der Waals surface area (Å²) >= 11 is 0. The molecule has 5 nitrogen and oxygen atoms in total. The van der Waals surface area contributed by atoms with E-state index in [2.05, 4.69) is 5.32 Å². The van der Waals surface area contributed by atoms with Crippen molar-refractivity contribution in [3.05, 3.63) is 29.3 Å². The lowest BCUT2D eigenvalue weighted by atomic mass is 10.1. The molecule has 25 heavy (non-hydrogen) atoms. The molecular weight excluding hydrogens is 360 g/mol. The zero-order valence-electron chi connectivity index (χ0n) is 15.5. The summed E-state index contributed by atoms with van der Waals surface area (Å²) in [4.78, 5) is 15.0. The van der Waals surface area contributed by atoms with Gasteiger partial charge >= 0.3 is 0 Å². The van der Waals surface area contributed by atoms with E-state index in [4.69, 9.17) is 0 Å². The molecule has 1 aliphatic rings. The fourth-order valence-corrected chi connectivity index (χ4v) is 5.95. The first-order chi connectivity index (χ1) is 11.3. The van der Waals surface area contributed by atoms with Gasteiger partial charge in [0, 0.05) is 20.1 Å². The molecule has 2 rings (SSSR count). The maximum absolute atomic E-state index is 13.5. The summed E-state index contributed by atoms with van der Waals surface area (Å²) < 4.78 is 25.7. The van der Waals surface area contributed by atoms with Gasteiger partial charge in [0.15, 0.2) is 14.6 Å². The third kappa shape index (κ3) is 4.01. The van der Waals surface area contributed by atoms with Gasteiger partial charge in [-0.05, 0) is 50.9 Å². The minimum absolute atomic E-state index is 0. The molecule has 1 amide bonds. The zero-order chi connectivity index (χ0) is 18.0. The van der Waals surface area contributed by atoms with Gasteiger partial charge in [-0.15, -0.1) is 12.4 Å². The van der Waals surface area contributed by atoms with Crippen molar-refractivity contribution >= 4 is 28.2 Å². The molecule has 1 aromatic rings. The number of amides is 1. The van der Waals surface area contributed by atoms with Gasteiger partial charge in [0.05, 0.1) is 4.90 Å². The molecule has 0 aliphatic heterocycles. The highest BCUT2D eigenvalue weighted by molar-refractivity contribution is 7.93. The van der Waals surface area contributed by atoms with E-state index in [-0.39, 0.29) is 18.3 Å². The first-order valence-corrected chi connectivity index (χ1v) is 9.96. The summed E-state index contributed by atoms with van der Waals surface area (Å²) in [5.74, 6) is -0.267. The number of nitrogens with zero attached hydrogens (tertiary/aromatic N) is 1. The van der Waals surface area contributed by atoms with Gasteiger partial charge in [-0.1, -0.05) is 25.0 Å². The topological polar surface area (TPSA) is 66.5 Å². The maximum Gasteiger partial charge on any atom is 0.244 e. The number of hydrogen-bond donors (Lipinski definition) is 1. The van der Waals surface area contributed by atoms with Gasteiger partial charge in [-0.3, -0.25) is 4.79 Å². The summed E-state index contributed by atoms with van der Waals surface area (Å²) in [5.41, 5.74) is 1.60. The summed E-state index contributed by atoms with van der Waals surface area (Å²) in [5, 5.41) is 3.00. The highest BCUT2D eigenvalue weighted by Gasteiger charge is 2.54. The Kier molecular flexibility index (Phi) is 7.47. The molecule has 1 N–H and O–H groups in total. The van der Waals surface area contributed by atoms with Crippen molar-refractivity contribution in [2.75, 3.05) is 27.2 Å². The van der Waals surface area contributed by atoms with E-state index in [1.54, 1.807) is 24.9 Å². The van der Waals surface area contributed by atoms with Crippen molar-refractivity contribution in [1.82, 2.24) is 10.2 Å². The number of carbonyl (C=O) groups is 1. The van der Waals surface area contributed by atoms with Crippen molar-refractivity contribution < 1.29 is 13.2 Å². The lowest BCUT2D eigenvalue weighted by Gasteiger charge is -2.32. The fourth-order valence-electron chi connectivity index (χ4n) is 3.48. The molecule has 0 atom stereocenters. The van der Waals surface area contributed by atoms with Crippen LogP contribution < -0.4 is 5.32 Å². The first kappa shape index (κ1) is 21.9. The Bertz CT molecular complexity index is 713. The minimum atomic E-state index is -3.73. The first-order valence-electron chi connectivity index (χ1n) is 8.48. The average molecular weight is 389 g/mol. The summed E-state index contributed by atoms with van der Waals surface area (Å²) in [6, 6.07) is 5.42. The van der Waals surface area contributed by atoms with Crippen molar-refractivity contribution in [2.24, 2.45) is 0 Å². The normalized spacial score (nSPS) is 16.3. The van der Waals surface area contributed by atoms with Crippen LogP contribution in [-0.4, -0.2) is 51.2 Å². The fraction of sp³-hybridized carbons (Fsp3) is 0.611. The number of nitrogens with one attached hydrogen (secondary N) is 1. The van der Waals surface area contributed by atoms with E-state index < -0.39 is 14.6 Å². The van der Waals surface area contributed by atoms with E-state index in [9.17, 15) is 13.2 Å². The van der Waals surface area contributed by atoms with Gasteiger partial charge in [0.25, 0.3) is 0 Å². The molecule has 0 bridgehead atoms. The Morgan fingerprint density at radius 3 is 2.40 bits per heavy atom. The van der Waals surface area contributed by atoms with Crippen LogP contribution in [0.15, 0.2) is 23.1 Å². The molecule has 142 valence electrons. The van der Waals surface area contributed by atoms with Gasteiger partial charge < -0.3 is 10.2 Å². The van der Waals surface area contributed by atoms with Crippen molar-refractivity contribution in [1.29, 1.82) is 0 Å². The highest BCUT2D eigenvalue weighted by Crippen LogP contribution is 2.42. The summed E-state index contributed by atoms with van der Waals surface area (Å²) in [7, 11) is -0.226. The lowest BCUT2D eigenvalue weighted by molar-refractivity contribution is -0.132. The quantitative estimate of drug-likeness (QED) is 0.813. The third-order valence-corrected chi connectivity index (χ3v) is 7.62. The number of halogens is 1. The molecule has 1 aliphatic carbocycles. The van der Waals surface area contributed by atoms with Gasteiger partial charge in [-0.25, -0.2) is 8.42 Å². The molecule has 0 aromatic heterocycles. The number of likely N-dealkylation sites (N-methyl/N-ethyl adjacent to an activating group) is 2. The second-order valence-electron chi connectivity index (χ2n) is 6.80. The number of hydrogen-bond acceptors (Lipinski definition) is 4. The predicted octanol–water partition coefficient (Wildman–Crippen LogP) is 2.49. The van der Waals surface area contributed by atoms with Crippen LogP contribution in [0.5, 0.6) is 0 Å². The van der Waals surface area contributed by atoms with E-state index in [1.807, 2.05) is 26.1 Å². The maximum atomic E-state index is 13.5. The molecule has 0 radical (unpaired) electrons. The van der Waals surface area contributed by atoms with Crippen LogP contribution in [0.2, 0.25) is 0 Å². The monoisotopic (exact) mass is 388 g/mol. The predicted molar refractivity (Wildman–Crippen MR) is 103 cm³/mol. The van der Waals surface area contributed by atoms with Crippen LogP contribution in [0.25, 0.3) is 0 Å². The Labute approximate surface area is 157 Å². The van der Waals surface area contributed by atoms with Crippen molar-refractivity contribution in [2.45, 2.75) is 49.2 Å². The van der Waals surface area contributed by atoms with E-state index in [1.165, 1.54) is 0 Å². The molecule has 1 fully saturated rings. The molecule has 1 aromatic carbocycles. The lowest BCUT2D eigenvalue weighted by Crippen LogP contribution is -2.52. The SMILES string of the molecule is CNCCN(C)C(=O)C1(S(=O)(=O)c2cc(C)ccc2C)CCCC1.Cl. The van der Waals surface area contributed by atoms with Crippen LogP contribution in [0.4, 0.5) is 0 Å². The smallest absolute Gasteiger partial charge is 0.244 e. The third-order valence-electron chi connectivity index (χ3n) is 4.99. The van der Waals surface area contributed by atoms with E-state index in [0.717, 1.165) is 18.4 Å². The minimum Gasteiger partial charge on any atom is -0.343 e. The number of sulfone groups is 1. The second kappa shape index (κ2) is 8.52. The summed E-state index contributed by atoms with van der Waals surface area (Å²) in [6.07, 6.45) is 2.36. The molecular formula is C18H29ClN2O3S. The Morgan fingerprint density at radius 1 is 1.24 bits per heavy atom. The molecule has 0 saturated heterocycles. The number of aryl methyl sites for hydroxylation is 2. The Hall–Kier alpha value is -1.11. The highest BCUT2D eigenvalue weighted by atomic mass is 35.5. The number of carbonyl (C=O) groups excluding carboxylic acids is 1. The van der Waals surface area contributed by atoms with E-state index >= 15 is 0 Å². The summed E-state index contributed by atoms with van der Waals surface area (Å²) in [6.45, 7) is 4.81. The van der Waals surface area contributed by atoms with Crippen LogP contribution in [-0.2, 0) is 14.6 Å². The zero-order valence-corrected chi connectivity index (χ0v) is 17.1. The van der Waals surface area contributed by atoms with Crippen LogP contribution in [0.3, 0.4) is 0 Å². The second-order valence-corrected chi connectivity index (χ2v) is 9.03. The molecule has 0 spiro atoms. The van der Waals surface area contributed by atoms with Crippen LogP contribution in [0, 0.1) is 13.8 Å². The average Bonchev–Trinajstić information content (AvgIpc) is 3.05. The number of benzene rings is 1. The molecule has 0 unspecified atom stereocenters. The molecule has 0 heterocycles. The molecule has 1 saturated carbocycles. The van der Waals surface area contributed by atoms with Gasteiger partial charge in [0.2, 0.25) is 5.91 Å². The van der Waals surface area contributed by atoms with Crippen LogP contribution >= 0.6 is 12.4 Å². The van der Waals surface area contributed by atoms with Crippen LogP contribution in [0.1, 0.15) is 36.8 Å². The van der Waals surface area contributed by atoms with Gasteiger partial charge in [-0.2, -0.15) is 0 Å². The standard InChI is InChI=1S/C18H28N2O3S.ClH/c1-14-7-8-15(2)16(13-14)24(22,23)18(9-5-6-10-18)17(21)20(4)12-11-19-3;/h7-8,13,19H,5-6,9-12H2,1-4H3;1H. The van der Waals surface area contributed by atoms with E-state index in [0.29, 0.717) is 36.4 Å². The number of rotatable bonds is 6. The van der Waals surface area contributed by atoms with Crippen molar-refractivity contribution in [3.8, 4) is 0 Å². The van der Waals surface area contributed by atoms with Gasteiger partial charge in [0.1, 0.15) is 0 Å². The Morgan fingerprint density at radius 2 is 1.84 bits per heavy atom. The Balaban J connectivity index is 0.00000312.